The van der Waals surface area contributed by atoms with Gasteiger partial charge in [-0.05, 0) is 41.4 Å². The van der Waals surface area contributed by atoms with Gasteiger partial charge in [0.2, 0.25) is 10.0 Å². The largest absolute Gasteiger partial charge is 0.408 e. The fraction of sp³-hybridized carbons (Fsp3) is 0.238. The molecule has 6 nitrogen and oxygen atoms in total. The van der Waals surface area contributed by atoms with E-state index in [1.165, 1.54) is 17.8 Å². The Kier molecular flexibility index (Phi) is 6.40. The van der Waals surface area contributed by atoms with E-state index in [2.05, 4.69) is 9.71 Å². The van der Waals surface area contributed by atoms with Gasteiger partial charge in [-0.15, -0.1) is 0 Å². The quantitative estimate of drug-likeness (QED) is 0.412. The summed E-state index contributed by atoms with van der Waals surface area (Å²) in [5, 5.41) is 1.09. The van der Waals surface area contributed by atoms with Gasteiger partial charge in [0.15, 0.2) is 0 Å². The van der Waals surface area contributed by atoms with Gasteiger partial charge in [0, 0.05) is 29.2 Å². The molecular formula is C21H26N2O4SSi. The highest BCUT2D eigenvalue weighted by atomic mass is 32.2. The van der Waals surface area contributed by atoms with Crippen LogP contribution in [0.15, 0.2) is 65.3 Å². The molecule has 0 unspecified atom stereocenters. The maximum Gasteiger partial charge on any atom is 0.362 e. The van der Waals surface area contributed by atoms with Crippen molar-refractivity contribution in [3.05, 3.63) is 71.6 Å². The normalized spacial score (nSPS) is 13.0. The summed E-state index contributed by atoms with van der Waals surface area (Å²) in [5.74, 6) is 0. The van der Waals surface area contributed by atoms with Crippen molar-refractivity contribution in [2.75, 3.05) is 6.54 Å². The van der Waals surface area contributed by atoms with Crippen LogP contribution >= 0.6 is 0 Å². The minimum absolute atomic E-state index is 0.175. The van der Waals surface area contributed by atoms with Crippen LogP contribution in [-0.4, -0.2) is 38.1 Å². The second-order valence-corrected chi connectivity index (χ2v) is 12.2. The first-order valence-electron chi connectivity index (χ1n) is 9.48. The third-order valence-electron chi connectivity index (χ3n) is 4.92. The predicted octanol–water partition coefficient (Wildman–Crippen LogP) is 3.08. The Morgan fingerprint density at radius 2 is 1.79 bits per heavy atom. The van der Waals surface area contributed by atoms with Crippen molar-refractivity contribution in [3.63, 3.8) is 0 Å². The third kappa shape index (κ3) is 5.23. The molecule has 29 heavy (non-hydrogen) atoms. The average Bonchev–Trinajstić information content (AvgIpc) is 3.10. The summed E-state index contributed by atoms with van der Waals surface area (Å²) in [6, 6.07) is 14.2. The van der Waals surface area contributed by atoms with Gasteiger partial charge >= 0.3 is 8.56 Å². The smallest absolute Gasteiger partial charge is 0.362 e. The molecular weight excluding hydrogens is 404 g/mol. The van der Waals surface area contributed by atoms with Crippen LogP contribution in [0.4, 0.5) is 0 Å². The zero-order valence-corrected chi connectivity index (χ0v) is 18.3. The lowest BCUT2D eigenvalue weighted by Gasteiger charge is -2.17. The lowest BCUT2D eigenvalue weighted by atomic mass is 10.1. The molecule has 1 aromatic heterocycles. The lowest BCUT2D eigenvalue weighted by Crippen LogP contribution is -2.35. The fourth-order valence-electron chi connectivity index (χ4n) is 2.91. The number of rotatable bonds is 8. The molecule has 154 valence electrons. The van der Waals surface area contributed by atoms with Crippen molar-refractivity contribution >= 4 is 35.6 Å². The van der Waals surface area contributed by atoms with E-state index in [9.17, 15) is 18.0 Å². The van der Waals surface area contributed by atoms with Gasteiger partial charge in [-0.25, -0.2) is 13.1 Å². The summed E-state index contributed by atoms with van der Waals surface area (Å²) in [6.45, 7) is 3.81. The second-order valence-electron chi connectivity index (χ2n) is 7.35. The Labute approximate surface area is 172 Å². The number of hydrogen-bond acceptors (Lipinski definition) is 4. The van der Waals surface area contributed by atoms with E-state index in [0.717, 1.165) is 16.5 Å². The fourth-order valence-corrected chi connectivity index (χ4v) is 4.77. The van der Waals surface area contributed by atoms with E-state index in [1.807, 2.05) is 30.5 Å². The third-order valence-corrected chi connectivity index (χ3v) is 8.76. The summed E-state index contributed by atoms with van der Waals surface area (Å²) in [6.07, 6.45) is 4.11. The molecule has 0 atom stereocenters. The predicted molar refractivity (Wildman–Crippen MR) is 118 cm³/mol. The molecule has 0 saturated carbocycles. The first-order valence-corrected chi connectivity index (χ1v) is 13.0. The van der Waals surface area contributed by atoms with E-state index >= 15 is 0 Å². The number of aromatic nitrogens is 1. The molecule has 0 aliphatic heterocycles. The highest BCUT2D eigenvalue weighted by molar-refractivity contribution is 7.89. The maximum atomic E-state index is 12.5. The van der Waals surface area contributed by atoms with Crippen LogP contribution in [0.3, 0.4) is 0 Å². The number of para-hydroxylation sites is 1. The molecule has 0 fully saturated rings. The Hall–Kier alpha value is -2.23. The Balaban J connectivity index is 1.63. The summed E-state index contributed by atoms with van der Waals surface area (Å²) in [4.78, 5) is 23.3. The van der Waals surface area contributed by atoms with E-state index in [0.29, 0.717) is 18.5 Å². The van der Waals surface area contributed by atoms with Crippen LogP contribution in [0.2, 0.25) is 5.54 Å². The molecule has 8 heteroatoms. The zero-order valence-electron chi connectivity index (χ0n) is 16.5. The van der Waals surface area contributed by atoms with Crippen LogP contribution in [0.5, 0.6) is 0 Å². The van der Waals surface area contributed by atoms with Crippen LogP contribution in [0, 0.1) is 0 Å². The summed E-state index contributed by atoms with van der Waals surface area (Å²) >= 11 is 0. The molecule has 1 heterocycles. The highest BCUT2D eigenvalue weighted by Crippen LogP contribution is 2.19. The number of fused-ring (bicyclic) bond motifs is 1. The molecule has 4 N–H and O–H groups in total. The van der Waals surface area contributed by atoms with E-state index in [-0.39, 0.29) is 10.4 Å². The summed E-state index contributed by atoms with van der Waals surface area (Å²) in [7, 11) is -7.01. The van der Waals surface area contributed by atoms with Gasteiger partial charge in [0.1, 0.15) is 0 Å². The van der Waals surface area contributed by atoms with Crippen molar-refractivity contribution in [1.29, 1.82) is 0 Å². The molecule has 3 aromatic rings. The topological polar surface area (TPSA) is 102 Å². The number of sulfonamides is 1. The molecule has 0 aliphatic rings. The van der Waals surface area contributed by atoms with Gasteiger partial charge in [0.25, 0.3) is 0 Å². The molecule has 0 amide bonds. The van der Waals surface area contributed by atoms with Crippen molar-refractivity contribution in [2.45, 2.75) is 30.7 Å². The minimum atomic E-state index is -3.61. The molecule has 0 aliphatic carbocycles. The Bertz CT molecular complexity index is 1100. The van der Waals surface area contributed by atoms with Crippen LogP contribution in [0.25, 0.3) is 17.0 Å². The zero-order chi connectivity index (χ0) is 21.1. The molecule has 0 spiro atoms. The average molecular weight is 431 g/mol. The van der Waals surface area contributed by atoms with Gasteiger partial charge < -0.3 is 14.6 Å². The van der Waals surface area contributed by atoms with E-state index < -0.39 is 18.6 Å². The Morgan fingerprint density at radius 3 is 2.48 bits per heavy atom. The first-order chi connectivity index (χ1) is 13.7. The highest BCUT2D eigenvalue weighted by Gasteiger charge is 2.29. The van der Waals surface area contributed by atoms with Crippen molar-refractivity contribution < 1.29 is 18.0 Å². The monoisotopic (exact) mass is 430 g/mol. The SMILES string of the molecule is CC(C)[Si](O)(O)C=Cc1ccc(S(=O)(=O)NCCc2c[nH]c3ccccc23)cc1. The number of nitrogens with one attached hydrogen (secondary N) is 2. The molecule has 0 radical (unpaired) electrons. The molecule has 3 rings (SSSR count). The second kappa shape index (κ2) is 8.64. The molecule has 0 bridgehead atoms. The Morgan fingerprint density at radius 1 is 1.10 bits per heavy atom. The summed E-state index contributed by atoms with van der Waals surface area (Å²) in [5.41, 5.74) is 4.02. The standard InChI is InChI=1S/C21H26N2O4SSi/c1-16(2)29(26,27)14-12-17-7-9-19(10-8-17)28(24,25)23-13-11-18-15-22-21-6-4-3-5-20(18)21/h3-10,12,14-16,22-23,26-27H,11,13H2,1-2H3. The first kappa shape index (κ1) is 21.5. The van der Waals surface area contributed by atoms with Gasteiger partial charge in [0.05, 0.1) is 4.90 Å². The van der Waals surface area contributed by atoms with Gasteiger partial charge in [-0.2, -0.15) is 0 Å². The maximum absolute atomic E-state index is 12.5. The van der Waals surface area contributed by atoms with Crippen LogP contribution in [0.1, 0.15) is 25.0 Å². The number of H-pyrrole nitrogens is 1. The van der Waals surface area contributed by atoms with Crippen LogP contribution < -0.4 is 4.72 Å². The van der Waals surface area contributed by atoms with Crippen molar-refractivity contribution in [2.24, 2.45) is 0 Å². The summed E-state index contributed by atoms with van der Waals surface area (Å²) < 4.78 is 27.7. The number of hydrogen-bond donors (Lipinski definition) is 4. The molecule has 0 saturated heterocycles. The minimum Gasteiger partial charge on any atom is -0.408 e. The van der Waals surface area contributed by atoms with Crippen molar-refractivity contribution in [1.82, 2.24) is 9.71 Å². The number of aromatic amines is 1. The van der Waals surface area contributed by atoms with Crippen molar-refractivity contribution in [3.8, 4) is 0 Å². The lowest BCUT2D eigenvalue weighted by molar-refractivity contribution is 0.364. The number of benzene rings is 2. The van der Waals surface area contributed by atoms with Crippen LogP contribution in [-0.2, 0) is 16.4 Å². The molecule has 2 aromatic carbocycles. The van der Waals surface area contributed by atoms with E-state index in [4.69, 9.17) is 0 Å². The van der Waals surface area contributed by atoms with Gasteiger partial charge in [-0.1, -0.05) is 50.3 Å². The van der Waals surface area contributed by atoms with E-state index in [1.54, 1.807) is 32.1 Å². The van der Waals surface area contributed by atoms with Gasteiger partial charge in [-0.3, -0.25) is 0 Å².